The van der Waals surface area contributed by atoms with Crippen LogP contribution in [0.5, 0.6) is 0 Å². The van der Waals surface area contributed by atoms with E-state index >= 15 is 0 Å². The van der Waals surface area contributed by atoms with Gasteiger partial charge < -0.3 is 10.2 Å². The molecule has 2 amide bonds. The van der Waals surface area contributed by atoms with Gasteiger partial charge in [0, 0.05) is 32.0 Å². The van der Waals surface area contributed by atoms with E-state index in [9.17, 15) is 26.4 Å². The molecule has 6 nitrogen and oxygen atoms in total. The van der Waals surface area contributed by atoms with Gasteiger partial charge in [0.15, 0.2) is 0 Å². The monoisotopic (exact) mass is 461 g/mol. The molecule has 1 aliphatic heterocycles. The average molecular weight is 461 g/mol. The molecule has 0 saturated carbocycles. The van der Waals surface area contributed by atoms with Crippen molar-refractivity contribution >= 4 is 15.9 Å². The Kier molecular flexibility index (Phi) is 5.64. The smallest absolute Gasteiger partial charge is 0.334 e. The van der Waals surface area contributed by atoms with Gasteiger partial charge >= 0.3 is 12.2 Å². The van der Waals surface area contributed by atoms with Crippen LogP contribution < -0.4 is 5.32 Å². The lowest BCUT2D eigenvalue weighted by molar-refractivity contribution is -0.137. The number of hydrogen-bond donors (Lipinski definition) is 1. The van der Waals surface area contributed by atoms with Crippen molar-refractivity contribution in [1.29, 1.82) is 0 Å². The number of rotatable bonds is 4. The van der Waals surface area contributed by atoms with Crippen molar-refractivity contribution in [3.05, 3.63) is 89.2 Å². The molecule has 2 aromatic carbocycles. The van der Waals surface area contributed by atoms with Crippen LogP contribution in [0.1, 0.15) is 22.3 Å². The summed E-state index contributed by atoms with van der Waals surface area (Å²) in [5, 5.41) is 2.78. The minimum atomic E-state index is -4.64. The van der Waals surface area contributed by atoms with Crippen LogP contribution in [0.4, 0.5) is 18.0 Å². The van der Waals surface area contributed by atoms with E-state index in [1.165, 1.54) is 24.3 Å². The van der Waals surface area contributed by atoms with E-state index in [-0.39, 0.29) is 17.5 Å². The molecule has 0 aliphatic carbocycles. The lowest BCUT2D eigenvalue weighted by atomic mass is 10.2. The fourth-order valence-corrected chi connectivity index (χ4v) is 4.72. The topological polar surface area (TPSA) is 79.4 Å². The summed E-state index contributed by atoms with van der Waals surface area (Å²) >= 11 is 0. The van der Waals surface area contributed by atoms with Crippen LogP contribution in [0.15, 0.2) is 76.8 Å². The van der Waals surface area contributed by atoms with Gasteiger partial charge in [-0.2, -0.15) is 13.2 Å². The standard InChI is InChI=1S/C22H18F3N3O3S/c23-22(24,25)18-2-1-3-20(10-18)32(30,31)19-6-4-15(5-7-19)11-27-21(29)28-13-16-8-9-26-12-17(16)14-28/h1-10,12H,11,13-14H2,(H,27,29). The zero-order chi connectivity index (χ0) is 22.9. The molecule has 1 aliphatic rings. The predicted octanol–water partition coefficient (Wildman–Crippen LogP) is 4.16. The quantitative estimate of drug-likeness (QED) is 0.633. The molecule has 0 bridgehead atoms. The molecule has 0 spiro atoms. The number of nitrogens with one attached hydrogen (secondary N) is 1. The van der Waals surface area contributed by atoms with E-state index in [0.717, 1.165) is 29.3 Å². The Hall–Kier alpha value is -3.40. The fourth-order valence-electron chi connectivity index (χ4n) is 3.41. The molecule has 10 heteroatoms. The molecule has 3 aromatic rings. The first-order valence-corrected chi connectivity index (χ1v) is 11.1. The Bertz CT molecular complexity index is 1230. The summed E-state index contributed by atoms with van der Waals surface area (Å²) in [5.74, 6) is 0. The largest absolute Gasteiger partial charge is 0.416 e. The molecular weight excluding hydrogens is 443 g/mol. The van der Waals surface area contributed by atoms with Crippen molar-refractivity contribution < 1.29 is 26.4 Å². The minimum absolute atomic E-state index is 0.130. The highest BCUT2D eigenvalue weighted by Gasteiger charge is 2.32. The summed E-state index contributed by atoms with van der Waals surface area (Å²) in [6.07, 6.45) is -1.23. The summed E-state index contributed by atoms with van der Waals surface area (Å²) < 4.78 is 64.2. The second-order valence-electron chi connectivity index (χ2n) is 7.33. The third kappa shape index (κ3) is 4.45. The van der Waals surface area contributed by atoms with Gasteiger partial charge in [-0.05, 0) is 53.1 Å². The van der Waals surface area contributed by atoms with Crippen LogP contribution in [0.25, 0.3) is 0 Å². The number of amides is 2. The van der Waals surface area contributed by atoms with Gasteiger partial charge in [0.25, 0.3) is 0 Å². The summed E-state index contributed by atoms with van der Waals surface area (Å²) in [6, 6.07) is 10.9. The van der Waals surface area contributed by atoms with Crippen molar-refractivity contribution in [2.45, 2.75) is 35.6 Å². The summed E-state index contributed by atoms with van der Waals surface area (Å²) in [4.78, 5) is 17.5. The number of benzene rings is 2. The maximum Gasteiger partial charge on any atom is 0.416 e. The number of alkyl halides is 3. The van der Waals surface area contributed by atoms with Gasteiger partial charge in [-0.15, -0.1) is 0 Å². The van der Waals surface area contributed by atoms with Gasteiger partial charge in [-0.1, -0.05) is 18.2 Å². The Morgan fingerprint density at radius 2 is 1.72 bits per heavy atom. The zero-order valence-electron chi connectivity index (χ0n) is 16.6. The maximum absolute atomic E-state index is 12.9. The molecule has 4 rings (SSSR count). The number of aromatic nitrogens is 1. The van der Waals surface area contributed by atoms with Crippen molar-refractivity contribution in [1.82, 2.24) is 15.2 Å². The fraction of sp³-hybridized carbons (Fsp3) is 0.182. The summed E-state index contributed by atoms with van der Waals surface area (Å²) in [6.45, 7) is 1.12. The summed E-state index contributed by atoms with van der Waals surface area (Å²) in [5.41, 5.74) is 1.66. The third-order valence-corrected chi connectivity index (χ3v) is 6.93. The molecule has 2 heterocycles. The van der Waals surface area contributed by atoms with Crippen molar-refractivity contribution in [2.24, 2.45) is 0 Å². The van der Waals surface area contributed by atoms with Crippen LogP contribution in [-0.4, -0.2) is 24.3 Å². The maximum atomic E-state index is 12.9. The molecule has 166 valence electrons. The number of carbonyl (C=O) groups excluding carboxylic acids is 1. The minimum Gasteiger partial charge on any atom is -0.334 e. The van der Waals surface area contributed by atoms with Gasteiger partial charge in [0.1, 0.15) is 0 Å². The van der Waals surface area contributed by atoms with Crippen LogP contribution in [0.3, 0.4) is 0 Å². The Morgan fingerprint density at radius 3 is 2.41 bits per heavy atom. The normalized spacial score (nSPS) is 13.7. The molecule has 0 radical (unpaired) electrons. The van der Waals surface area contributed by atoms with Gasteiger partial charge in [0.2, 0.25) is 9.84 Å². The first-order valence-electron chi connectivity index (χ1n) is 9.60. The number of sulfone groups is 1. The molecule has 1 N–H and O–H groups in total. The number of carbonyl (C=O) groups is 1. The highest BCUT2D eigenvalue weighted by molar-refractivity contribution is 7.91. The predicted molar refractivity (Wildman–Crippen MR) is 109 cm³/mol. The van der Waals surface area contributed by atoms with Crippen LogP contribution in [-0.2, 0) is 35.6 Å². The lowest BCUT2D eigenvalue weighted by Crippen LogP contribution is -2.35. The Balaban J connectivity index is 1.42. The number of hydrogen-bond acceptors (Lipinski definition) is 4. The molecule has 32 heavy (non-hydrogen) atoms. The first kappa shape index (κ1) is 21.8. The molecule has 1 aromatic heterocycles. The number of halogens is 3. The second kappa shape index (κ2) is 8.27. The highest BCUT2D eigenvalue weighted by atomic mass is 32.2. The van der Waals surface area contributed by atoms with Gasteiger partial charge in [-0.3, -0.25) is 4.98 Å². The second-order valence-corrected chi connectivity index (χ2v) is 9.28. The van der Waals surface area contributed by atoms with Crippen molar-refractivity contribution in [2.75, 3.05) is 0 Å². The Morgan fingerprint density at radius 1 is 1.00 bits per heavy atom. The van der Waals surface area contributed by atoms with E-state index in [2.05, 4.69) is 10.3 Å². The zero-order valence-corrected chi connectivity index (χ0v) is 17.4. The van der Waals surface area contributed by atoms with E-state index in [0.29, 0.717) is 24.7 Å². The third-order valence-electron chi connectivity index (χ3n) is 5.16. The molecule has 0 saturated heterocycles. The lowest BCUT2D eigenvalue weighted by Gasteiger charge is -2.16. The van der Waals surface area contributed by atoms with Crippen LogP contribution in [0.2, 0.25) is 0 Å². The van der Waals surface area contributed by atoms with Crippen molar-refractivity contribution in [3.8, 4) is 0 Å². The van der Waals surface area contributed by atoms with E-state index < -0.39 is 26.5 Å². The SMILES string of the molecule is O=C(NCc1ccc(S(=O)(=O)c2cccc(C(F)(F)F)c2)cc1)N1Cc2ccncc2C1. The number of nitrogens with zero attached hydrogens (tertiary/aromatic N) is 2. The van der Waals surface area contributed by atoms with Crippen LogP contribution >= 0.6 is 0 Å². The Labute approximate surface area is 182 Å². The molecule has 0 atom stereocenters. The first-order chi connectivity index (χ1) is 15.1. The van der Waals surface area contributed by atoms with Gasteiger partial charge in [-0.25, -0.2) is 13.2 Å². The molecule has 0 fully saturated rings. The molecular formula is C22H18F3N3O3S. The number of pyridine rings is 1. The molecule has 0 unspecified atom stereocenters. The number of urea groups is 1. The van der Waals surface area contributed by atoms with Crippen molar-refractivity contribution in [3.63, 3.8) is 0 Å². The number of fused-ring (bicyclic) bond motifs is 1. The highest BCUT2D eigenvalue weighted by Crippen LogP contribution is 2.32. The summed E-state index contributed by atoms with van der Waals surface area (Å²) in [7, 11) is -4.11. The van der Waals surface area contributed by atoms with E-state index in [1.807, 2.05) is 6.07 Å². The average Bonchev–Trinajstić information content (AvgIpc) is 3.22. The van der Waals surface area contributed by atoms with Crippen LogP contribution in [0, 0.1) is 0 Å². The van der Waals surface area contributed by atoms with E-state index in [4.69, 9.17) is 0 Å². The van der Waals surface area contributed by atoms with Gasteiger partial charge in [0.05, 0.1) is 15.4 Å². The van der Waals surface area contributed by atoms with E-state index in [1.54, 1.807) is 17.3 Å².